The summed E-state index contributed by atoms with van der Waals surface area (Å²) in [6.07, 6.45) is 0. The zero-order valence-corrected chi connectivity index (χ0v) is 10.7. The molecule has 6 heteroatoms. The van der Waals surface area contributed by atoms with E-state index in [1.807, 2.05) is 0 Å². The third kappa shape index (κ3) is 8.99. The number of hydrogen-bond acceptors (Lipinski definition) is 4. The molecule has 104 valence electrons. The van der Waals surface area contributed by atoms with Crippen LogP contribution < -0.4 is 11.5 Å². The Bertz CT molecular complexity index is 437. The number of nitrogen functional groups attached to an aromatic ring is 2. The maximum atomic E-state index is 10.4. The Morgan fingerprint density at radius 3 is 1.58 bits per heavy atom. The van der Waals surface area contributed by atoms with Gasteiger partial charge in [0.1, 0.15) is 0 Å². The molecular formula is C13H18N2O4. The number of hydrogen-bond donors (Lipinski definition) is 4. The van der Waals surface area contributed by atoms with E-state index in [0.717, 1.165) is 0 Å². The number of anilines is 2. The SMILES string of the molecule is C=C.C=C(C)C(=O)O.Nc1cc(N)cc(C(=O)O)c1. The molecule has 0 radical (unpaired) electrons. The molecule has 6 nitrogen and oxygen atoms in total. The van der Waals surface area contributed by atoms with Crippen molar-refractivity contribution in [3.8, 4) is 0 Å². The lowest BCUT2D eigenvalue weighted by Gasteiger charge is -1.98. The minimum absolute atomic E-state index is 0.113. The molecule has 1 rings (SSSR count). The van der Waals surface area contributed by atoms with Gasteiger partial charge < -0.3 is 21.7 Å². The molecule has 0 aliphatic heterocycles. The average Bonchev–Trinajstić information content (AvgIpc) is 2.31. The average molecular weight is 266 g/mol. The number of nitrogens with two attached hydrogens (primary N) is 2. The first-order chi connectivity index (χ1) is 8.73. The minimum Gasteiger partial charge on any atom is -0.478 e. The Morgan fingerprint density at radius 2 is 1.37 bits per heavy atom. The first kappa shape index (κ1) is 18.6. The molecule has 19 heavy (non-hydrogen) atoms. The van der Waals surface area contributed by atoms with Crippen molar-refractivity contribution in [3.05, 3.63) is 49.1 Å². The Balaban J connectivity index is 0. The van der Waals surface area contributed by atoms with Crippen molar-refractivity contribution in [2.75, 3.05) is 11.5 Å². The summed E-state index contributed by atoms with van der Waals surface area (Å²) in [5.41, 5.74) is 11.7. The number of rotatable bonds is 2. The topological polar surface area (TPSA) is 127 Å². The summed E-state index contributed by atoms with van der Waals surface area (Å²) in [5, 5.41) is 16.4. The fraction of sp³-hybridized carbons (Fsp3) is 0.0769. The summed E-state index contributed by atoms with van der Waals surface area (Å²) in [5.74, 6) is -1.96. The zero-order chi connectivity index (χ0) is 15.6. The molecule has 0 saturated heterocycles. The van der Waals surface area contributed by atoms with Crippen LogP contribution in [0.1, 0.15) is 17.3 Å². The monoisotopic (exact) mass is 266 g/mol. The van der Waals surface area contributed by atoms with Crippen LogP contribution in [0.2, 0.25) is 0 Å². The van der Waals surface area contributed by atoms with Gasteiger partial charge >= 0.3 is 11.9 Å². The van der Waals surface area contributed by atoms with Crippen LogP contribution in [-0.4, -0.2) is 22.2 Å². The summed E-state index contributed by atoms with van der Waals surface area (Å²) in [4.78, 5) is 20.0. The highest BCUT2D eigenvalue weighted by Gasteiger charge is 2.02. The molecule has 1 aromatic rings. The lowest BCUT2D eigenvalue weighted by atomic mass is 10.2. The van der Waals surface area contributed by atoms with Crippen molar-refractivity contribution in [2.45, 2.75) is 6.92 Å². The molecule has 0 unspecified atom stereocenters. The van der Waals surface area contributed by atoms with Gasteiger partial charge in [0.05, 0.1) is 5.56 Å². The first-order valence-corrected chi connectivity index (χ1v) is 5.02. The van der Waals surface area contributed by atoms with Gasteiger partial charge in [0, 0.05) is 16.9 Å². The van der Waals surface area contributed by atoms with E-state index in [2.05, 4.69) is 19.7 Å². The molecule has 0 aromatic heterocycles. The quantitative estimate of drug-likeness (QED) is 0.368. The lowest BCUT2D eigenvalue weighted by Crippen LogP contribution is -1.99. The highest BCUT2D eigenvalue weighted by Crippen LogP contribution is 2.12. The van der Waals surface area contributed by atoms with E-state index in [1.165, 1.54) is 25.1 Å². The van der Waals surface area contributed by atoms with Crippen LogP contribution in [-0.2, 0) is 4.79 Å². The molecule has 0 heterocycles. The highest BCUT2D eigenvalue weighted by molar-refractivity contribution is 5.90. The maximum Gasteiger partial charge on any atom is 0.335 e. The summed E-state index contributed by atoms with van der Waals surface area (Å²) < 4.78 is 0. The molecule has 0 saturated carbocycles. The van der Waals surface area contributed by atoms with Gasteiger partial charge in [-0.2, -0.15) is 0 Å². The predicted molar refractivity (Wildman–Crippen MR) is 75.9 cm³/mol. The van der Waals surface area contributed by atoms with Crippen LogP contribution in [0.4, 0.5) is 11.4 Å². The van der Waals surface area contributed by atoms with Crippen LogP contribution in [0.5, 0.6) is 0 Å². The molecule has 0 atom stereocenters. The molecule has 0 spiro atoms. The number of carboxylic acid groups (broad SMARTS) is 2. The van der Waals surface area contributed by atoms with Crippen molar-refractivity contribution in [1.82, 2.24) is 0 Å². The summed E-state index contributed by atoms with van der Waals surface area (Å²) in [7, 11) is 0. The van der Waals surface area contributed by atoms with Crippen LogP contribution in [0.15, 0.2) is 43.5 Å². The van der Waals surface area contributed by atoms with Crippen molar-refractivity contribution in [3.63, 3.8) is 0 Å². The number of carbonyl (C=O) groups is 2. The van der Waals surface area contributed by atoms with Gasteiger partial charge in [-0.15, -0.1) is 13.2 Å². The molecule has 0 aliphatic carbocycles. The lowest BCUT2D eigenvalue weighted by molar-refractivity contribution is -0.132. The Hall–Kier alpha value is -2.76. The Kier molecular flexibility index (Phi) is 9.09. The molecule has 1 aromatic carbocycles. The van der Waals surface area contributed by atoms with Gasteiger partial charge in [-0.05, 0) is 25.1 Å². The second-order valence-electron chi connectivity index (χ2n) is 3.28. The largest absolute Gasteiger partial charge is 0.478 e. The molecule has 0 aliphatic rings. The number of benzene rings is 1. The van der Waals surface area contributed by atoms with E-state index in [9.17, 15) is 9.59 Å². The number of aliphatic carboxylic acids is 1. The van der Waals surface area contributed by atoms with E-state index < -0.39 is 11.9 Å². The second-order valence-corrected chi connectivity index (χ2v) is 3.28. The van der Waals surface area contributed by atoms with E-state index in [0.29, 0.717) is 11.4 Å². The minimum atomic E-state index is -1.02. The van der Waals surface area contributed by atoms with Crippen molar-refractivity contribution in [1.29, 1.82) is 0 Å². The van der Waals surface area contributed by atoms with Crippen molar-refractivity contribution < 1.29 is 19.8 Å². The van der Waals surface area contributed by atoms with Crippen molar-refractivity contribution in [2.24, 2.45) is 0 Å². The summed E-state index contributed by atoms with van der Waals surface area (Å²) in [6, 6.07) is 4.23. The number of carboxylic acids is 2. The van der Waals surface area contributed by atoms with Gasteiger partial charge in [-0.1, -0.05) is 6.58 Å². The van der Waals surface area contributed by atoms with Crippen LogP contribution in [0.3, 0.4) is 0 Å². The summed E-state index contributed by atoms with van der Waals surface area (Å²) >= 11 is 0. The van der Waals surface area contributed by atoms with E-state index in [-0.39, 0.29) is 11.1 Å². The van der Waals surface area contributed by atoms with Gasteiger partial charge in [-0.25, -0.2) is 9.59 Å². The Morgan fingerprint density at radius 1 is 1.05 bits per heavy atom. The van der Waals surface area contributed by atoms with E-state index in [4.69, 9.17) is 21.7 Å². The third-order valence-electron chi connectivity index (χ3n) is 1.59. The third-order valence-corrected chi connectivity index (χ3v) is 1.59. The van der Waals surface area contributed by atoms with Gasteiger partial charge in [0.15, 0.2) is 0 Å². The van der Waals surface area contributed by atoms with Gasteiger partial charge in [-0.3, -0.25) is 0 Å². The zero-order valence-electron chi connectivity index (χ0n) is 10.7. The fourth-order valence-electron chi connectivity index (χ4n) is 0.800. The smallest absolute Gasteiger partial charge is 0.335 e. The standard InChI is InChI=1S/C7H8N2O2.C4H6O2.C2H4/c8-5-1-4(7(10)11)2-6(9)3-5;1-3(2)4(5)6;1-2/h1-3H,8-9H2,(H,10,11);1H2,2H3,(H,5,6);1-2H2. The number of aromatic carboxylic acids is 1. The van der Waals surface area contributed by atoms with Crippen LogP contribution >= 0.6 is 0 Å². The van der Waals surface area contributed by atoms with Crippen LogP contribution in [0, 0.1) is 0 Å². The maximum absolute atomic E-state index is 10.4. The fourth-order valence-corrected chi connectivity index (χ4v) is 0.800. The Labute approximate surface area is 111 Å². The molecular weight excluding hydrogens is 248 g/mol. The van der Waals surface area contributed by atoms with Gasteiger partial charge in [0.2, 0.25) is 0 Å². The normalized spacial score (nSPS) is 8.05. The van der Waals surface area contributed by atoms with E-state index in [1.54, 1.807) is 0 Å². The molecule has 0 bridgehead atoms. The first-order valence-electron chi connectivity index (χ1n) is 5.02. The van der Waals surface area contributed by atoms with Gasteiger partial charge in [0.25, 0.3) is 0 Å². The van der Waals surface area contributed by atoms with E-state index >= 15 is 0 Å². The predicted octanol–water partition coefficient (Wildman–Crippen LogP) is 2.00. The van der Waals surface area contributed by atoms with Crippen LogP contribution in [0.25, 0.3) is 0 Å². The molecule has 0 amide bonds. The molecule has 6 N–H and O–H groups in total. The summed E-state index contributed by atoms with van der Waals surface area (Å²) in [6.45, 7) is 10.6. The highest BCUT2D eigenvalue weighted by atomic mass is 16.4. The molecule has 0 fully saturated rings. The second kappa shape index (κ2) is 9.29. The van der Waals surface area contributed by atoms with Crippen molar-refractivity contribution >= 4 is 23.3 Å².